The summed E-state index contributed by atoms with van der Waals surface area (Å²) in [7, 11) is 1.71. The van der Waals surface area contributed by atoms with Crippen LogP contribution in [0.2, 0.25) is 15.1 Å². The van der Waals surface area contributed by atoms with Gasteiger partial charge in [0.1, 0.15) is 6.61 Å². The summed E-state index contributed by atoms with van der Waals surface area (Å²) in [4.78, 5) is 8.44. The topological polar surface area (TPSA) is 58.5 Å². The molecule has 1 heterocycles. The van der Waals surface area contributed by atoms with Crippen LogP contribution >= 0.6 is 34.8 Å². The maximum absolute atomic E-state index is 6.07. The standard InChI is InChI=1S/C17H19Cl3N4O/c1-21-17(23-7-5-13-4-2-3-6-22-13)24-8-9-25-16-14(19)10-12(18)11-15(16)20/h2-4,6,10-11H,5,7-9H2,1H3,(H2,21,23,24). The average Bonchev–Trinajstić information content (AvgIpc) is 2.59. The Kier molecular flexibility index (Phi) is 8.12. The monoisotopic (exact) mass is 400 g/mol. The first kappa shape index (κ1) is 19.6. The molecule has 0 fully saturated rings. The average molecular weight is 402 g/mol. The molecule has 8 heteroatoms. The van der Waals surface area contributed by atoms with Gasteiger partial charge in [0.2, 0.25) is 0 Å². The smallest absolute Gasteiger partial charge is 0.191 e. The van der Waals surface area contributed by atoms with E-state index < -0.39 is 0 Å². The first-order chi connectivity index (χ1) is 12.1. The van der Waals surface area contributed by atoms with Gasteiger partial charge in [0.15, 0.2) is 11.7 Å². The van der Waals surface area contributed by atoms with E-state index in [1.54, 1.807) is 25.4 Å². The highest BCUT2D eigenvalue weighted by atomic mass is 35.5. The highest BCUT2D eigenvalue weighted by molar-refractivity contribution is 6.40. The minimum atomic E-state index is 0.377. The van der Waals surface area contributed by atoms with Crippen LogP contribution in [0.15, 0.2) is 41.5 Å². The molecule has 0 amide bonds. The zero-order chi connectivity index (χ0) is 18.1. The summed E-state index contributed by atoms with van der Waals surface area (Å²) in [6.07, 6.45) is 2.60. The molecule has 0 atom stereocenters. The van der Waals surface area contributed by atoms with Gasteiger partial charge < -0.3 is 15.4 Å². The Morgan fingerprint density at radius 1 is 1.12 bits per heavy atom. The van der Waals surface area contributed by atoms with Gasteiger partial charge in [-0.05, 0) is 24.3 Å². The first-order valence-corrected chi connectivity index (χ1v) is 8.85. The van der Waals surface area contributed by atoms with Gasteiger partial charge in [-0.3, -0.25) is 9.98 Å². The lowest BCUT2D eigenvalue weighted by atomic mass is 10.3. The van der Waals surface area contributed by atoms with Gasteiger partial charge in [-0.15, -0.1) is 0 Å². The van der Waals surface area contributed by atoms with E-state index in [0.29, 0.717) is 39.9 Å². The predicted molar refractivity (Wildman–Crippen MR) is 104 cm³/mol. The molecule has 1 aromatic heterocycles. The Morgan fingerprint density at radius 3 is 2.48 bits per heavy atom. The van der Waals surface area contributed by atoms with Crippen LogP contribution in [0.1, 0.15) is 5.69 Å². The van der Waals surface area contributed by atoms with E-state index in [1.165, 1.54) is 0 Å². The van der Waals surface area contributed by atoms with Crippen molar-refractivity contribution in [3.05, 3.63) is 57.3 Å². The molecule has 25 heavy (non-hydrogen) atoms. The quantitative estimate of drug-likeness (QED) is 0.420. The molecule has 0 saturated carbocycles. The van der Waals surface area contributed by atoms with Crippen LogP contribution in [0.3, 0.4) is 0 Å². The van der Waals surface area contributed by atoms with Crippen molar-refractivity contribution in [2.75, 3.05) is 26.7 Å². The summed E-state index contributed by atoms with van der Waals surface area (Å²) in [5, 5.41) is 7.62. The van der Waals surface area contributed by atoms with Crippen LogP contribution in [0.25, 0.3) is 0 Å². The van der Waals surface area contributed by atoms with Crippen LogP contribution in [-0.4, -0.2) is 37.7 Å². The third-order valence-corrected chi connectivity index (χ3v) is 4.01. The number of hydrogen-bond acceptors (Lipinski definition) is 3. The van der Waals surface area contributed by atoms with E-state index in [0.717, 1.165) is 18.7 Å². The van der Waals surface area contributed by atoms with E-state index >= 15 is 0 Å². The van der Waals surface area contributed by atoms with E-state index in [2.05, 4.69) is 20.6 Å². The van der Waals surface area contributed by atoms with Crippen molar-refractivity contribution in [3.63, 3.8) is 0 Å². The number of aromatic nitrogens is 1. The van der Waals surface area contributed by atoms with Crippen molar-refractivity contribution in [1.82, 2.24) is 15.6 Å². The fourth-order valence-corrected chi connectivity index (χ4v) is 2.99. The van der Waals surface area contributed by atoms with Crippen molar-refractivity contribution in [1.29, 1.82) is 0 Å². The minimum absolute atomic E-state index is 0.377. The van der Waals surface area contributed by atoms with Crippen molar-refractivity contribution >= 4 is 40.8 Å². The van der Waals surface area contributed by atoms with Gasteiger partial charge in [0.05, 0.1) is 16.6 Å². The van der Waals surface area contributed by atoms with Gasteiger partial charge in [-0.2, -0.15) is 0 Å². The second-order valence-corrected chi connectivity index (χ2v) is 6.29. The van der Waals surface area contributed by atoms with Crippen LogP contribution in [0.5, 0.6) is 5.75 Å². The molecule has 134 valence electrons. The molecule has 0 aliphatic carbocycles. The molecular formula is C17H19Cl3N4O. The number of nitrogens with one attached hydrogen (secondary N) is 2. The molecule has 5 nitrogen and oxygen atoms in total. The molecule has 2 aromatic rings. The van der Waals surface area contributed by atoms with Gasteiger partial charge in [-0.25, -0.2) is 0 Å². The Bertz CT molecular complexity index is 687. The molecule has 0 aliphatic rings. The maximum Gasteiger partial charge on any atom is 0.191 e. The highest BCUT2D eigenvalue weighted by Gasteiger charge is 2.09. The Morgan fingerprint density at radius 2 is 1.84 bits per heavy atom. The summed E-state index contributed by atoms with van der Waals surface area (Å²) in [6, 6.07) is 9.05. The van der Waals surface area contributed by atoms with Crippen LogP contribution in [-0.2, 0) is 6.42 Å². The fourth-order valence-electron chi connectivity index (χ4n) is 2.06. The zero-order valence-electron chi connectivity index (χ0n) is 13.7. The molecule has 0 saturated heterocycles. The number of nitrogens with zero attached hydrogens (tertiary/aromatic N) is 2. The van der Waals surface area contributed by atoms with Crippen LogP contribution < -0.4 is 15.4 Å². The second kappa shape index (κ2) is 10.3. The molecule has 0 unspecified atom stereocenters. The molecule has 0 aliphatic heterocycles. The van der Waals surface area contributed by atoms with Crippen molar-refractivity contribution in [2.24, 2.45) is 4.99 Å². The Hall–Kier alpha value is -1.69. The second-order valence-electron chi connectivity index (χ2n) is 5.04. The number of halogens is 3. The van der Waals surface area contributed by atoms with Crippen LogP contribution in [0, 0.1) is 0 Å². The number of ether oxygens (including phenoxy) is 1. The SMILES string of the molecule is CN=C(NCCOc1c(Cl)cc(Cl)cc1Cl)NCCc1ccccn1. The lowest BCUT2D eigenvalue weighted by molar-refractivity contribution is 0.322. The van der Waals surface area contributed by atoms with Crippen molar-refractivity contribution < 1.29 is 4.74 Å². The summed E-state index contributed by atoms with van der Waals surface area (Å²) >= 11 is 18.0. The van der Waals surface area contributed by atoms with Crippen molar-refractivity contribution in [3.8, 4) is 5.75 Å². The fraction of sp³-hybridized carbons (Fsp3) is 0.294. The van der Waals surface area contributed by atoms with E-state index in [-0.39, 0.29) is 0 Å². The Labute approximate surface area is 162 Å². The summed E-state index contributed by atoms with van der Waals surface area (Å²) < 4.78 is 5.61. The summed E-state index contributed by atoms with van der Waals surface area (Å²) in [6.45, 7) is 1.65. The van der Waals surface area contributed by atoms with Gasteiger partial charge in [0, 0.05) is 36.9 Å². The lowest BCUT2D eigenvalue weighted by Crippen LogP contribution is -2.40. The number of hydrogen-bond donors (Lipinski definition) is 2. The molecular weight excluding hydrogens is 383 g/mol. The molecule has 0 spiro atoms. The predicted octanol–water partition coefficient (Wildman–Crippen LogP) is 3.83. The number of aliphatic imine (C=N–C) groups is 1. The first-order valence-electron chi connectivity index (χ1n) is 7.72. The van der Waals surface area contributed by atoms with E-state index in [4.69, 9.17) is 39.5 Å². The van der Waals surface area contributed by atoms with Crippen molar-refractivity contribution in [2.45, 2.75) is 6.42 Å². The molecule has 2 N–H and O–H groups in total. The zero-order valence-corrected chi connectivity index (χ0v) is 16.0. The van der Waals surface area contributed by atoms with Gasteiger partial charge >= 0.3 is 0 Å². The normalized spacial score (nSPS) is 11.3. The van der Waals surface area contributed by atoms with Crippen LogP contribution in [0.4, 0.5) is 0 Å². The number of pyridine rings is 1. The Balaban J connectivity index is 1.71. The van der Waals surface area contributed by atoms with Gasteiger partial charge in [-0.1, -0.05) is 40.9 Å². The third-order valence-electron chi connectivity index (χ3n) is 3.23. The molecule has 0 bridgehead atoms. The lowest BCUT2D eigenvalue weighted by Gasteiger charge is -2.13. The highest BCUT2D eigenvalue weighted by Crippen LogP contribution is 2.35. The van der Waals surface area contributed by atoms with E-state index in [1.807, 2.05) is 18.2 Å². The van der Waals surface area contributed by atoms with Gasteiger partial charge in [0.25, 0.3) is 0 Å². The number of guanidine groups is 1. The largest absolute Gasteiger partial charge is 0.489 e. The summed E-state index contributed by atoms with van der Waals surface area (Å²) in [5.74, 6) is 1.11. The number of rotatable bonds is 7. The molecule has 2 rings (SSSR count). The summed E-state index contributed by atoms with van der Waals surface area (Å²) in [5.41, 5.74) is 1.03. The molecule has 1 aromatic carbocycles. The number of benzene rings is 1. The van der Waals surface area contributed by atoms with E-state index in [9.17, 15) is 0 Å². The maximum atomic E-state index is 6.07. The minimum Gasteiger partial charge on any atom is -0.489 e. The third kappa shape index (κ3) is 6.61. The molecule has 0 radical (unpaired) electrons.